The van der Waals surface area contributed by atoms with Gasteiger partial charge in [-0.1, -0.05) is 66.7 Å². The molecule has 2 aromatic carbocycles. The predicted octanol–water partition coefficient (Wildman–Crippen LogP) is 3.62. The smallest absolute Gasteiger partial charge is 0.224 e. The first-order valence-corrected chi connectivity index (χ1v) is 10.6. The maximum atomic E-state index is 13.0. The van der Waals surface area contributed by atoms with Crippen molar-refractivity contribution in [1.82, 2.24) is 5.32 Å². The van der Waals surface area contributed by atoms with E-state index >= 15 is 0 Å². The van der Waals surface area contributed by atoms with Gasteiger partial charge in [-0.05, 0) is 22.6 Å². The van der Waals surface area contributed by atoms with Gasteiger partial charge in [-0.15, -0.1) is 11.3 Å². The van der Waals surface area contributed by atoms with Crippen molar-refractivity contribution in [2.75, 3.05) is 6.54 Å². The van der Waals surface area contributed by atoms with Crippen LogP contribution in [0.1, 0.15) is 16.4 Å². The van der Waals surface area contributed by atoms with E-state index in [1.54, 1.807) is 41.8 Å². The second kappa shape index (κ2) is 8.29. The fraction of sp³-hybridized carbons (Fsp3) is 0.150. The van der Waals surface area contributed by atoms with Crippen LogP contribution in [-0.2, 0) is 21.1 Å². The number of thiophene rings is 1. The van der Waals surface area contributed by atoms with Gasteiger partial charge in [-0.25, -0.2) is 8.42 Å². The van der Waals surface area contributed by atoms with Crippen molar-refractivity contribution < 1.29 is 13.2 Å². The van der Waals surface area contributed by atoms with Crippen LogP contribution in [0, 0.1) is 0 Å². The number of benzene rings is 2. The van der Waals surface area contributed by atoms with Gasteiger partial charge in [-0.3, -0.25) is 4.79 Å². The summed E-state index contributed by atoms with van der Waals surface area (Å²) in [4.78, 5) is 12.3. The molecule has 0 bridgehead atoms. The molecule has 1 amide bonds. The molecule has 0 aliphatic rings. The van der Waals surface area contributed by atoms with Crippen molar-refractivity contribution >= 4 is 27.1 Å². The normalized spacial score (nSPS) is 12.5. The Bertz CT molecular complexity index is 937. The Hall–Kier alpha value is -2.44. The van der Waals surface area contributed by atoms with Gasteiger partial charge in [0.25, 0.3) is 0 Å². The van der Waals surface area contributed by atoms with E-state index in [2.05, 4.69) is 5.32 Å². The minimum atomic E-state index is -3.58. The molecule has 1 heterocycles. The molecule has 134 valence electrons. The van der Waals surface area contributed by atoms with Crippen molar-refractivity contribution in [3.8, 4) is 0 Å². The first-order chi connectivity index (χ1) is 12.6. The standard InChI is InChI=1S/C20H19NO3S2/c22-19(14-16-8-3-1-4-9-16)21-15-18(17-10-5-2-6-11-17)26(23,24)20-12-7-13-25-20/h1-13,18H,14-15H2,(H,21,22). The maximum Gasteiger partial charge on any atom is 0.224 e. The molecule has 3 aromatic rings. The van der Waals surface area contributed by atoms with E-state index in [1.165, 1.54) is 11.3 Å². The number of hydrogen-bond donors (Lipinski definition) is 1. The molecule has 26 heavy (non-hydrogen) atoms. The van der Waals surface area contributed by atoms with E-state index in [4.69, 9.17) is 0 Å². The van der Waals surface area contributed by atoms with Gasteiger partial charge >= 0.3 is 0 Å². The average molecular weight is 386 g/mol. The highest BCUT2D eigenvalue weighted by atomic mass is 32.2. The number of rotatable bonds is 7. The fourth-order valence-corrected chi connectivity index (χ4v) is 5.56. The zero-order chi connectivity index (χ0) is 18.4. The summed E-state index contributed by atoms with van der Waals surface area (Å²) >= 11 is 1.19. The van der Waals surface area contributed by atoms with E-state index in [0.717, 1.165) is 5.56 Å². The van der Waals surface area contributed by atoms with E-state index in [0.29, 0.717) is 9.77 Å². The number of amides is 1. The SMILES string of the molecule is O=C(Cc1ccccc1)NCC(c1ccccc1)S(=O)(=O)c1cccs1. The highest BCUT2D eigenvalue weighted by molar-refractivity contribution is 7.93. The lowest BCUT2D eigenvalue weighted by molar-refractivity contribution is -0.120. The molecule has 1 atom stereocenters. The fourth-order valence-electron chi connectivity index (χ4n) is 2.69. The quantitative estimate of drug-likeness (QED) is 0.676. The highest BCUT2D eigenvalue weighted by Gasteiger charge is 2.30. The molecule has 6 heteroatoms. The van der Waals surface area contributed by atoms with Gasteiger partial charge in [0.15, 0.2) is 9.84 Å². The summed E-state index contributed by atoms with van der Waals surface area (Å²) in [5.74, 6) is -0.196. The Morgan fingerprint density at radius 3 is 2.19 bits per heavy atom. The third-order valence-electron chi connectivity index (χ3n) is 4.01. The van der Waals surface area contributed by atoms with Crippen LogP contribution in [0.25, 0.3) is 0 Å². The molecule has 0 saturated carbocycles. The Morgan fingerprint density at radius 1 is 0.923 bits per heavy atom. The highest BCUT2D eigenvalue weighted by Crippen LogP contribution is 2.31. The molecule has 0 fully saturated rings. The van der Waals surface area contributed by atoms with Crippen LogP contribution in [0.5, 0.6) is 0 Å². The van der Waals surface area contributed by atoms with Crippen molar-refractivity contribution in [2.45, 2.75) is 15.9 Å². The summed E-state index contributed by atoms with van der Waals surface area (Å²) in [7, 11) is -3.58. The maximum absolute atomic E-state index is 13.0. The molecule has 0 radical (unpaired) electrons. The molecule has 0 spiro atoms. The molecule has 4 nitrogen and oxygen atoms in total. The van der Waals surface area contributed by atoms with E-state index in [1.807, 2.05) is 36.4 Å². The Balaban J connectivity index is 1.78. The largest absolute Gasteiger partial charge is 0.354 e. The lowest BCUT2D eigenvalue weighted by atomic mass is 10.1. The Kier molecular flexibility index (Phi) is 5.85. The lowest BCUT2D eigenvalue weighted by Crippen LogP contribution is -2.32. The number of nitrogens with one attached hydrogen (secondary N) is 1. The molecular weight excluding hydrogens is 366 g/mol. The van der Waals surface area contributed by atoms with Gasteiger partial charge < -0.3 is 5.32 Å². The van der Waals surface area contributed by atoms with Gasteiger partial charge in [-0.2, -0.15) is 0 Å². The molecule has 0 aliphatic heterocycles. The lowest BCUT2D eigenvalue weighted by Gasteiger charge is -2.18. The van der Waals surface area contributed by atoms with E-state index in [9.17, 15) is 13.2 Å². The van der Waals surface area contributed by atoms with E-state index in [-0.39, 0.29) is 18.9 Å². The van der Waals surface area contributed by atoms with Crippen LogP contribution < -0.4 is 5.32 Å². The molecule has 1 aromatic heterocycles. The van der Waals surface area contributed by atoms with E-state index < -0.39 is 15.1 Å². The summed E-state index contributed by atoms with van der Waals surface area (Å²) < 4.78 is 26.4. The number of hydrogen-bond acceptors (Lipinski definition) is 4. The van der Waals surface area contributed by atoms with Gasteiger partial charge in [0.1, 0.15) is 9.46 Å². The summed E-state index contributed by atoms with van der Waals surface area (Å²) in [6.07, 6.45) is 0.224. The van der Waals surface area contributed by atoms with Crippen molar-refractivity contribution in [3.05, 3.63) is 89.3 Å². The predicted molar refractivity (Wildman–Crippen MR) is 104 cm³/mol. The number of carbonyl (C=O) groups excluding carboxylic acids is 1. The minimum absolute atomic E-state index is 0.0376. The minimum Gasteiger partial charge on any atom is -0.354 e. The van der Waals surface area contributed by atoms with Crippen LogP contribution in [-0.4, -0.2) is 20.9 Å². The number of carbonyl (C=O) groups is 1. The summed E-state index contributed by atoms with van der Waals surface area (Å²) in [5, 5.41) is 3.71. The monoisotopic (exact) mass is 385 g/mol. The molecular formula is C20H19NO3S2. The molecule has 0 aliphatic carbocycles. The summed E-state index contributed by atoms with van der Waals surface area (Å²) in [6.45, 7) is 0.0376. The summed E-state index contributed by atoms with van der Waals surface area (Å²) in [5.41, 5.74) is 1.56. The second-order valence-corrected chi connectivity index (χ2v) is 9.15. The molecule has 1 N–H and O–H groups in total. The van der Waals surface area contributed by atoms with Gasteiger partial charge in [0.05, 0.1) is 6.42 Å². The van der Waals surface area contributed by atoms with Crippen molar-refractivity contribution in [2.24, 2.45) is 0 Å². The zero-order valence-corrected chi connectivity index (χ0v) is 15.7. The van der Waals surface area contributed by atoms with Crippen molar-refractivity contribution in [3.63, 3.8) is 0 Å². The second-order valence-electron chi connectivity index (χ2n) is 5.84. The third-order valence-corrected chi connectivity index (χ3v) is 7.55. The number of sulfone groups is 1. The van der Waals surface area contributed by atoms with Crippen LogP contribution in [0.15, 0.2) is 82.4 Å². The van der Waals surface area contributed by atoms with Crippen LogP contribution in [0.3, 0.4) is 0 Å². The third kappa shape index (κ3) is 4.39. The first kappa shape index (κ1) is 18.4. The van der Waals surface area contributed by atoms with Crippen molar-refractivity contribution in [1.29, 1.82) is 0 Å². The van der Waals surface area contributed by atoms with Crippen LogP contribution in [0.4, 0.5) is 0 Å². The summed E-state index contributed by atoms with van der Waals surface area (Å²) in [6, 6.07) is 21.7. The molecule has 0 saturated heterocycles. The Labute approximate surface area is 157 Å². The van der Waals surface area contributed by atoms with Gasteiger partial charge in [0.2, 0.25) is 5.91 Å². The Morgan fingerprint density at radius 2 is 1.58 bits per heavy atom. The molecule has 1 unspecified atom stereocenters. The molecule has 3 rings (SSSR count). The van der Waals surface area contributed by atoms with Crippen LogP contribution in [0.2, 0.25) is 0 Å². The van der Waals surface area contributed by atoms with Crippen LogP contribution >= 0.6 is 11.3 Å². The zero-order valence-electron chi connectivity index (χ0n) is 14.0. The topological polar surface area (TPSA) is 63.2 Å². The first-order valence-electron chi connectivity index (χ1n) is 8.20. The average Bonchev–Trinajstić information content (AvgIpc) is 3.19. The van der Waals surface area contributed by atoms with Gasteiger partial charge in [0, 0.05) is 6.54 Å².